The first kappa shape index (κ1) is 31.2. The van der Waals surface area contributed by atoms with Crippen molar-refractivity contribution < 1.29 is 23.8 Å². The van der Waals surface area contributed by atoms with E-state index in [9.17, 15) is 14.7 Å². The van der Waals surface area contributed by atoms with Gasteiger partial charge in [-0.1, -0.05) is 67.6 Å². The van der Waals surface area contributed by atoms with Gasteiger partial charge >= 0.3 is 0 Å². The van der Waals surface area contributed by atoms with E-state index in [0.717, 1.165) is 35.3 Å². The SMILES string of the molecule is CC(N)C(=O)NC(C(=O)N1CCCC1/C=C/[C@](C)(CO)Cc1cccc(-c2ccco2)c1)C(C)OCc1ccccc1. The maximum absolute atomic E-state index is 13.9. The van der Waals surface area contributed by atoms with Crippen LogP contribution in [0.1, 0.15) is 44.7 Å². The number of carbonyl (C=O) groups is 2. The summed E-state index contributed by atoms with van der Waals surface area (Å²) in [6.07, 6.45) is 7.38. The normalized spacial score (nSPS) is 18.9. The molecule has 1 fully saturated rings. The lowest BCUT2D eigenvalue weighted by Gasteiger charge is -2.32. The molecule has 1 aliphatic rings. The molecular weight excluding hydrogens is 530 g/mol. The van der Waals surface area contributed by atoms with E-state index >= 15 is 0 Å². The third-order valence-electron chi connectivity index (χ3n) is 7.81. The molecule has 2 aromatic carbocycles. The number of carbonyl (C=O) groups excluding carboxylic acids is 2. The smallest absolute Gasteiger partial charge is 0.248 e. The lowest BCUT2D eigenvalue weighted by Crippen LogP contribution is -2.57. The predicted octanol–water partition coefficient (Wildman–Crippen LogP) is 4.47. The van der Waals surface area contributed by atoms with Gasteiger partial charge in [0, 0.05) is 17.5 Å². The minimum atomic E-state index is -0.880. The van der Waals surface area contributed by atoms with E-state index in [1.54, 1.807) is 25.0 Å². The largest absolute Gasteiger partial charge is 0.464 e. The number of nitrogens with zero attached hydrogens (tertiary/aromatic N) is 1. The van der Waals surface area contributed by atoms with Crippen LogP contribution in [-0.2, 0) is 27.4 Å². The molecule has 1 aliphatic heterocycles. The summed E-state index contributed by atoms with van der Waals surface area (Å²) in [4.78, 5) is 28.3. The van der Waals surface area contributed by atoms with Gasteiger partial charge in [0.1, 0.15) is 11.8 Å². The third kappa shape index (κ3) is 8.18. The van der Waals surface area contributed by atoms with Crippen molar-refractivity contribution in [3.63, 3.8) is 0 Å². The zero-order valence-electron chi connectivity index (χ0n) is 24.7. The van der Waals surface area contributed by atoms with Gasteiger partial charge in [0.25, 0.3) is 0 Å². The average Bonchev–Trinajstić information content (AvgIpc) is 3.71. The minimum absolute atomic E-state index is 0.0490. The van der Waals surface area contributed by atoms with E-state index in [1.165, 1.54) is 0 Å². The number of hydrogen-bond acceptors (Lipinski definition) is 6. The summed E-state index contributed by atoms with van der Waals surface area (Å²) in [7, 11) is 0. The second kappa shape index (κ2) is 14.4. The number of nitrogens with one attached hydrogen (secondary N) is 1. The van der Waals surface area contributed by atoms with Gasteiger partial charge in [-0.15, -0.1) is 0 Å². The van der Waals surface area contributed by atoms with Gasteiger partial charge in [0.05, 0.1) is 37.7 Å². The maximum Gasteiger partial charge on any atom is 0.248 e. The van der Waals surface area contributed by atoms with Gasteiger partial charge < -0.3 is 30.2 Å². The van der Waals surface area contributed by atoms with E-state index in [1.807, 2.05) is 79.7 Å². The summed E-state index contributed by atoms with van der Waals surface area (Å²) in [5.41, 5.74) is 8.33. The fraction of sp³-hybridized carbons (Fsp3) is 0.412. The Kier molecular flexibility index (Phi) is 10.7. The average molecular weight is 574 g/mol. The van der Waals surface area contributed by atoms with Crippen LogP contribution in [0.25, 0.3) is 11.3 Å². The molecule has 5 atom stereocenters. The summed E-state index contributed by atoms with van der Waals surface area (Å²) in [5, 5.41) is 13.2. The fourth-order valence-corrected chi connectivity index (χ4v) is 5.26. The highest BCUT2D eigenvalue weighted by Crippen LogP contribution is 2.29. The Hall–Kier alpha value is -3.72. The van der Waals surface area contributed by atoms with Crippen LogP contribution < -0.4 is 11.1 Å². The van der Waals surface area contributed by atoms with E-state index in [-0.39, 0.29) is 18.6 Å². The second-order valence-corrected chi connectivity index (χ2v) is 11.5. The highest BCUT2D eigenvalue weighted by molar-refractivity contribution is 5.90. The number of ether oxygens (including phenoxy) is 1. The summed E-state index contributed by atoms with van der Waals surface area (Å²) in [5.74, 6) is 0.193. The Morgan fingerprint density at radius 2 is 1.90 bits per heavy atom. The van der Waals surface area contributed by atoms with Crippen LogP contribution >= 0.6 is 0 Å². The number of aliphatic hydroxyl groups is 1. The summed E-state index contributed by atoms with van der Waals surface area (Å²) in [6.45, 7) is 6.24. The van der Waals surface area contributed by atoms with Crippen molar-refractivity contribution in [2.75, 3.05) is 13.2 Å². The van der Waals surface area contributed by atoms with Crippen molar-refractivity contribution >= 4 is 11.8 Å². The van der Waals surface area contributed by atoms with Gasteiger partial charge in [0.15, 0.2) is 0 Å². The zero-order valence-corrected chi connectivity index (χ0v) is 24.7. The molecule has 2 amide bonds. The van der Waals surface area contributed by atoms with Gasteiger partial charge in [0.2, 0.25) is 11.8 Å². The molecule has 4 N–H and O–H groups in total. The van der Waals surface area contributed by atoms with Gasteiger partial charge in [-0.2, -0.15) is 0 Å². The maximum atomic E-state index is 13.9. The molecule has 0 radical (unpaired) electrons. The van der Waals surface area contributed by atoms with Crippen molar-refractivity contribution in [3.05, 3.63) is 96.3 Å². The van der Waals surface area contributed by atoms with E-state index in [2.05, 4.69) is 11.4 Å². The summed E-state index contributed by atoms with van der Waals surface area (Å²) >= 11 is 0. The van der Waals surface area contributed by atoms with Crippen LogP contribution in [0, 0.1) is 5.41 Å². The molecule has 1 aromatic heterocycles. The molecule has 8 heteroatoms. The van der Waals surface area contributed by atoms with E-state index in [0.29, 0.717) is 19.6 Å². The number of hydrogen-bond donors (Lipinski definition) is 3. The molecule has 224 valence electrons. The topological polar surface area (TPSA) is 118 Å². The van der Waals surface area contributed by atoms with Crippen LogP contribution in [-0.4, -0.2) is 59.2 Å². The summed E-state index contributed by atoms with van der Waals surface area (Å²) < 4.78 is 11.6. The van der Waals surface area contributed by atoms with Gasteiger partial charge in [-0.25, -0.2) is 0 Å². The molecule has 1 saturated heterocycles. The van der Waals surface area contributed by atoms with Crippen molar-refractivity contribution in [3.8, 4) is 11.3 Å². The monoisotopic (exact) mass is 573 g/mol. The van der Waals surface area contributed by atoms with Crippen LogP contribution in [0.15, 0.2) is 89.6 Å². The quantitative estimate of drug-likeness (QED) is 0.260. The second-order valence-electron chi connectivity index (χ2n) is 11.5. The standard InChI is InChI=1S/C34H43N3O5/c1-24(35)32(39)36-31(25(2)42-22-26-10-5-4-6-11-26)33(40)37-18-8-14-29(37)16-17-34(3,23-38)21-27-12-7-13-28(20-27)30-15-9-19-41-30/h4-7,9-13,15-17,19-20,24-25,29,31,38H,8,14,18,21-23,35H2,1-3H3,(H,36,39)/b17-16+/t24?,25?,29?,31?,34-/m0/s1. The molecule has 0 saturated carbocycles. The highest BCUT2D eigenvalue weighted by Gasteiger charge is 2.37. The number of furan rings is 1. The van der Waals surface area contributed by atoms with Crippen LogP contribution in [0.4, 0.5) is 0 Å². The predicted molar refractivity (Wildman–Crippen MR) is 163 cm³/mol. The lowest BCUT2D eigenvalue weighted by atomic mass is 9.83. The Morgan fingerprint density at radius 1 is 1.14 bits per heavy atom. The van der Waals surface area contributed by atoms with Gasteiger partial charge in [-0.05, 0) is 62.4 Å². The van der Waals surface area contributed by atoms with Crippen molar-refractivity contribution in [2.45, 2.75) is 70.9 Å². The Bertz CT molecular complexity index is 1320. The Labute approximate surface area is 248 Å². The van der Waals surface area contributed by atoms with E-state index in [4.69, 9.17) is 14.9 Å². The highest BCUT2D eigenvalue weighted by atomic mass is 16.5. The number of amides is 2. The number of nitrogens with two attached hydrogens (primary N) is 1. The lowest BCUT2D eigenvalue weighted by molar-refractivity contribution is -0.141. The number of benzene rings is 2. The molecule has 8 nitrogen and oxygen atoms in total. The number of aliphatic hydroxyl groups excluding tert-OH is 1. The molecule has 4 rings (SSSR count). The van der Waals surface area contributed by atoms with Crippen molar-refractivity contribution in [2.24, 2.45) is 11.1 Å². The molecule has 0 aliphatic carbocycles. The number of rotatable bonds is 13. The molecule has 42 heavy (non-hydrogen) atoms. The Balaban J connectivity index is 1.47. The van der Waals surface area contributed by atoms with Crippen LogP contribution in [0.5, 0.6) is 0 Å². The Morgan fingerprint density at radius 3 is 2.60 bits per heavy atom. The number of likely N-dealkylation sites (tertiary alicyclic amines) is 1. The summed E-state index contributed by atoms with van der Waals surface area (Å²) in [6, 6.07) is 19.8. The first-order valence-corrected chi connectivity index (χ1v) is 14.6. The molecule has 0 bridgehead atoms. The third-order valence-corrected chi connectivity index (χ3v) is 7.81. The zero-order chi connectivity index (χ0) is 30.1. The van der Waals surface area contributed by atoms with Crippen molar-refractivity contribution in [1.82, 2.24) is 10.2 Å². The van der Waals surface area contributed by atoms with Crippen LogP contribution in [0.3, 0.4) is 0 Å². The molecule has 3 aromatic rings. The van der Waals surface area contributed by atoms with Gasteiger partial charge in [-0.3, -0.25) is 9.59 Å². The fourth-order valence-electron chi connectivity index (χ4n) is 5.26. The minimum Gasteiger partial charge on any atom is -0.464 e. The molecule has 2 heterocycles. The first-order chi connectivity index (χ1) is 20.2. The molecule has 0 spiro atoms. The van der Waals surface area contributed by atoms with E-state index < -0.39 is 29.5 Å². The molecular formula is C34H43N3O5. The first-order valence-electron chi connectivity index (χ1n) is 14.6. The van der Waals surface area contributed by atoms with Crippen molar-refractivity contribution in [1.29, 1.82) is 0 Å². The van der Waals surface area contributed by atoms with Crippen LogP contribution in [0.2, 0.25) is 0 Å². The molecule has 4 unspecified atom stereocenters.